The summed E-state index contributed by atoms with van der Waals surface area (Å²) in [6.45, 7) is 5.58. The fourth-order valence-electron chi connectivity index (χ4n) is 3.45. The van der Waals surface area contributed by atoms with Gasteiger partial charge in [-0.15, -0.1) is 0 Å². The quantitative estimate of drug-likeness (QED) is 0.549. The Labute approximate surface area is 187 Å². The zero-order chi connectivity index (χ0) is 21.5. The molecule has 0 aromatic heterocycles. The Morgan fingerprint density at radius 3 is 2.50 bits per heavy atom. The molecular formula is C23H26Cl2N2O3. The lowest BCUT2D eigenvalue weighted by Crippen LogP contribution is -2.45. The molecule has 1 aliphatic heterocycles. The van der Waals surface area contributed by atoms with Crippen LogP contribution in [0.1, 0.15) is 35.7 Å². The highest BCUT2D eigenvalue weighted by atomic mass is 35.5. The molecule has 0 radical (unpaired) electrons. The molecule has 0 aliphatic carbocycles. The summed E-state index contributed by atoms with van der Waals surface area (Å²) in [6, 6.07) is 12.0. The standard InChI is InChI=1S/C23H26Cl2N2O3/c1-2-3-10-27(22(28)16-26-11-13-30-14-12-26)21-9-8-17(24)15-19(21)23(29)18-6-4-5-7-20(18)25/h4-9,15H,2-3,10-14,16H2,1H3. The summed E-state index contributed by atoms with van der Waals surface area (Å²) in [4.78, 5) is 30.4. The maximum absolute atomic E-state index is 13.3. The van der Waals surface area contributed by atoms with Gasteiger partial charge in [-0.3, -0.25) is 14.5 Å². The van der Waals surface area contributed by atoms with Gasteiger partial charge in [0.25, 0.3) is 0 Å². The molecule has 7 heteroatoms. The SMILES string of the molecule is CCCCN(C(=O)CN1CCOCC1)c1ccc(Cl)cc1C(=O)c1ccccc1Cl. The molecule has 0 N–H and O–H groups in total. The Kier molecular flexibility index (Phi) is 8.28. The molecule has 1 fully saturated rings. The van der Waals surface area contributed by atoms with Crippen molar-refractivity contribution in [1.29, 1.82) is 0 Å². The molecule has 0 unspecified atom stereocenters. The van der Waals surface area contributed by atoms with E-state index >= 15 is 0 Å². The fraction of sp³-hybridized carbons (Fsp3) is 0.391. The molecule has 0 saturated carbocycles. The van der Waals surface area contributed by atoms with E-state index in [9.17, 15) is 9.59 Å². The number of nitrogens with zero attached hydrogens (tertiary/aromatic N) is 2. The summed E-state index contributed by atoms with van der Waals surface area (Å²) >= 11 is 12.5. The molecule has 30 heavy (non-hydrogen) atoms. The molecule has 2 aromatic rings. The van der Waals surface area contributed by atoms with Crippen molar-refractivity contribution < 1.29 is 14.3 Å². The van der Waals surface area contributed by atoms with Crippen LogP contribution < -0.4 is 4.90 Å². The second-order valence-corrected chi connectivity index (χ2v) is 8.10. The molecule has 2 aromatic carbocycles. The van der Waals surface area contributed by atoms with E-state index in [2.05, 4.69) is 11.8 Å². The van der Waals surface area contributed by atoms with E-state index in [0.29, 0.717) is 46.6 Å². The third kappa shape index (κ3) is 5.61. The number of halogens is 2. The first-order valence-corrected chi connectivity index (χ1v) is 11.0. The van der Waals surface area contributed by atoms with Gasteiger partial charge in [-0.05, 0) is 36.8 Å². The van der Waals surface area contributed by atoms with Crippen molar-refractivity contribution in [2.45, 2.75) is 19.8 Å². The van der Waals surface area contributed by atoms with E-state index < -0.39 is 0 Å². The molecule has 1 heterocycles. The number of carbonyl (C=O) groups excluding carboxylic acids is 2. The second-order valence-electron chi connectivity index (χ2n) is 7.26. The van der Waals surface area contributed by atoms with Gasteiger partial charge in [0, 0.05) is 35.8 Å². The highest BCUT2D eigenvalue weighted by Crippen LogP contribution is 2.29. The maximum Gasteiger partial charge on any atom is 0.241 e. The Morgan fingerprint density at radius 1 is 1.07 bits per heavy atom. The van der Waals surface area contributed by atoms with E-state index in [-0.39, 0.29) is 18.2 Å². The number of hydrogen-bond acceptors (Lipinski definition) is 4. The number of anilines is 1. The van der Waals surface area contributed by atoms with Gasteiger partial charge < -0.3 is 9.64 Å². The largest absolute Gasteiger partial charge is 0.379 e. The zero-order valence-electron chi connectivity index (χ0n) is 17.1. The van der Waals surface area contributed by atoms with Crippen LogP contribution in [0, 0.1) is 0 Å². The van der Waals surface area contributed by atoms with Crippen LogP contribution in [-0.2, 0) is 9.53 Å². The Balaban J connectivity index is 1.95. The lowest BCUT2D eigenvalue weighted by Gasteiger charge is -2.30. The summed E-state index contributed by atoms with van der Waals surface area (Å²) in [5, 5.41) is 0.804. The van der Waals surface area contributed by atoms with Crippen LogP contribution in [0.2, 0.25) is 10.0 Å². The highest BCUT2D eigenvalue weighted by molar-refractivity contribution is 6.36. The molecule has 0 atom stereocenters. The number of ether oxygens (including phenoxy) is 1. The van der Waals surface area contributed by atoms with Crippen LogP contribution in [0.15, 0.2) is 42.5 Å². The molecule has 0 bridgehead atoms. The van der Waals surface area contributed by atoms with E-state index in [0.717, 1.165) is 25.9 Å². The molecule has 0 spiro atoms. The topological polar surface area (TPSA) is 49.9 Å². The third-order valence-corrected chi connectivity index (χ3v) is 5.68. The maximum atomic E-state index is 13.3. The minimum absolute atomic E-state index is 0.0409. The number of benzene rings is 2. The molecule has 160 valence electrons. The molecule has 5 nitrogen and oxygen atoms in total. The van der Waals surface area contributed by atoms with Crippen molar-refractivity contribution in [3.05, 3.63) is 63.6 Å². The average molecular weight is 449 g/mol. The van der Waals surface area contributed by atoms with Crippen LogP contribution in [0.3, 0.4) is 0 Å². The van der Waals surface area contributed by atoms with Crippen molar-refractivity contribution in [2.75, 3.05) is 44.3 Å². The monoisotopic (exact) mass is 448 g/mol. The van der Waals surface area contributed by atoms with E-state index in [4.69, 9.17) is 27.9 Å². The summed E-state index contributed by atoms with van der Waals surface area (Å²) in [7, 11) is 0. The van der Waals surface area contributed by atoms with Gasteiger partial charge in [0.05, 0.1) is 30.5 Å². The summed E-state index contributed by atoms with van der Waals surface area (Å²) in [5.41, 5.74) is 1.33. The van der Waals surface area contributed by atoms with Gasteiger partial charge >= 0.3 is 0 Å². The van der Waals surface area contributed by atoms with Crippen molar-refractivity contribution in [1.82, 2.24) is 4.90 Å². The number of hydrogen-bond donors (Lipinski definition) is 0. The number of carbonyl (C=O) groups is 2. The van der Waals surface area contributed by atoms with Crippen LogP contribution in [0.25, 0.3) is 0 Å². The predicted octanol–water partition coefficient (Wildman–Crippen LogP) is 4.69. The zero-order valence-corrected chi connectivity index (χ0v) is 18.6. The second kappa shape index (κ2) is 10.9. The van der Waals surface area contributed by atoms with Gasteiger partial charge in [-0.2, -0.15) is 0 Å². The van der Waals surface area contributed by atoms with Crippen molar-refractivity contribution in [2.24, 2.45) is 0 Å². The van der Waals surface area contributed by atoms with Crippen LogP contribution in [0.4, 0.5) is 5.69 Å². The summed E-state index contributed by atoms with van der Waals surface area (Å²) in [6.07, 6.45) is 1.76. The predicted molar refractivity (Wildman–Crippen MR) is 121 cm³/mol. The molecule has 3 rings (SSSR count). The minimum Gasteiger partial charge on any atom is -0.379 e. The average Bonchev–Trinajstić information content (AvgIpc) is 2.75. The van der Waals surface area contributed by atoms with E-state index in [1.54, 1.807) is 47.4 Å². The number of amides is 1. The molecule has 1 amide bonds. The fourth-order valence-corrected chi connectivity index (χ4v) is 3.84. The Hall–Kier alpha value is -1.92. The molecule has 1 aliphatic rings. The van der Waals surface area contributed by atoms with E-state index in [1.165, 1.54) is 0 Å². The lowest BCUT2D eigenvalue weighted by molar-refractivity contribution is -0.120. The van der Waals surface area contributed by atoms with Gasteiger partial charge in [-0.1, -0.05) is 48.7 Å². The third-order valence-electron chi connectivity index (χ3n) is 5.11. The lowest BCUT2D eigenvalue weighted by atomic mass is 10.0. The van der Waals surface area contributed by atoms with Crippen LogP contribution in [0.5, 0.6) is 0 Å². The molecular weight excluding hydrogens is 423 g/mol. The van der Waals surface area contributed by atoms with Crippen LogP contribution in [-0.4, -0.2) is 56.0 Å². The number of ketones is 1. The van der Waals surface area contributed by atoms with Gasteiger partial charge in [0.15, 0.2) is 5.78 Å². The first-order valence-electron chi connectivity index (χ1n) is 10.2. The van der Waals surface area contributed by atoms with E-state index in [1.807, 2.05) is 0 Å². The Bertz CT molecular complexity index is 898. The molecule has 1 saturated heterocycles. The first kappa shape index (κ1) is 22.8. The van der Waals surface area contributed by atoms with Gasteiger partial charge in [0.2, 0.25) is 5.91 Å². The summed E-state index contributed by atoms with van der Waals surface area (Å²) < 4.78 is 5.38. The van der Waals surface area contributed by atoms with Crippen molar-refractivity contribution in [3.8, 4) is 0 Å². The first-order chi connectivity index (χ1) is 14.5. The summed E-state index contributed by atoms with van der Waals surface area (Å²) in [5.74, 6) is -0.292. The minimum atomic E-state index is -0.251. The number of morpholine rings is 1. The van der Waals surface area contributed by atoms with Gasteiger partial charge in [-0.25, -0.2) is 0 Å². The number of rotatable bonds is 8. The normalized spacial score (nSPS) is 14.5. The Morgan fingerprint density at radius 2 is 1.80 bits per heavy atom. The van der Waals surface area contributed by atoms with Gasteiger partial charge in [0.1, 0.15) is 0 Å². The smallest absolute Gasteiger partial charge is 0.241 e. The highest BCUT2D eigenvalue weighted by Gasteiger charge is 2.25. The van der Waals surface area contributed by atoms with Crippen LogP contribution >= 0.6 is 23.2 Å². The van der Waals surface area contributed by atoms with Crippen molar-refractivity contribution in [3.63, 3.8) is 0 Å². The van der Waals surface area contributed by atoms with Crippen molar-refractivity contribution >= 4 is 40.6 Å². The number of unbranched alkanes of at least 4 members (excludes halogenated alkanes) is 1.